The quantitative estimate of drug-likeness (QED) is 0.0515. The Hall–Kier alpha value is -3.54. The summed E-state index contributed by atoms with van der Waals surface area (Å²) in [6, 6.07) is 10.3. The number of rotatable bonds is 26. The van der Waals surface area contributed by atoms with Crippen molar-refractivity contribution in [1.29, 1.82) is 10.5 Å². The molecule has 1 saturated heterocycles. The van der Waals surface area contributed by atoms with Crippen molar-refractivity contribution in [1.82, 2.24) is 14.6 Å². The average molecular weight is 789 g/mol. The first kappa shape index (κ1) is 44.2. The number of aliphatic hydroxyl groups is 2. The van der Waals surface area contributed by atoms with Crippen LogP contribution in [0.1, 0.15) is 114 Å². The van der Waals surface area contributed by atoms with E-state index >= 15 is 0 Å². The normalized spacial score (nSPS) is 21.3. The first-order valence-electron chi connectivity index (χ1n) is 19.1. The molecule has 302 valence electrons. The van der Waals surface area contributed by atoms with Gasteiger partial charge in [0.15, 0.2) is 12.1 Å². The standard InChI is InChI=1S/C38H54FN6O9P/c1-2-3-4-5-6-7-8-9-10-11-12-13-14-15-18-50-24-31(51-23-29-19-28(22-40)20-30(39)21-29)25-52-55(48,49)54-37-34(46)35(47)38(26-41,53-37)33-17-16-32-36(42)43-27-44-45(32)33/h16-17,19-21,27,31,34-35,37,46-47H,2-15,18,23-25H2,1H3,(H,48,49)(H2,42,43,44)/t31-,34+,35-,37-,38+/m1/s1. The zero-order valence-corrected chi connectivity index (χ0v) is 32.3. The number of benzene rings is 1. The number of nitriles is 2. The number of nitrogen functional groups attached to an aromatic ring is 1. The highest BCUT2D eigenvalue weighted by atomic mass is 31.2. The summed E-state index contributed by atoms with van der Waals surface area (Å²) in [5.74, 6) is -0.547. The van der Waals surface area contributed by atoms with Crippen LogP contribution in [0.3, 0.4) is 0 Å². The third kappa shape index (κ3) is 13.0. The minimum atomic E-state index is -5.05. The number of ether oxygens (including phenoxy) is 3. The topological polar surface area (TPSA) is 228 Å². The second-order valence-electron chi connectivity index (χ2n) is 13.9. The van der Waals surface area contributed by atoms with Gasteiger partial charge in [-0.2, -0.15) is 15.6 Å². The number of hydrogen-bond donors (Lipinski definition) is 4. The van der Waals surface area contributed by atoms with Crippen LogP contribution in [0.15, 0.2) is 36.7 Å². The van der Waals surface area contributed by atoms with E-state index in [4.69, 9.17) is 29.0 Å². The molecule has 0 amide bonds. The summed E-state index contributed by atoms with van der Waals surface area (Å²) in [5.41, 5.74) is 4.31. The number of hydrogen-bond acceptors (Lipinski definition) is 13. The van der Waals surface area contributed by atoms with Crippen LogP contribution in [-0.2, 0) is 40.0 Å². The Morgan fingerprint density at radius 1 is 1.00 bits per heavy atom. The van der Waals surface area contributed by atoms with E-state index in [1.807, 2.05) is 12.1 Å². The Labute approximate surface area is 321 Å². The molecule has 0 saturated carbocycles. The minimum Gasteiger partial charge on any atom is -0.386 e. The highest BCUT2D eigenvalue weighted by Gasteiger charge is 2.59. The van der Waals surface area contributed by atoms with Crippen molar-refractivity contribution in [2.24, 2.45) is 0 Å². The van der Waals surface area contributed by atoms with Gasteiger partial charge < -0.3 is 35.1 Å². The molecule has 15 nitrogen and oxygen atoms in total. The number of aromatic nitrogens is 3. The molecule has 1 fully saturated rings. The monoisotopic (exact) mass is 788 g/mol. The number of phosphoric ester groups is 1. The lowest BCUT2D eigenvalue weighted by Gasteiger charge is -2.24. The fraction of sp³-hybridized carbons (Fsp3) is 0.632. The molecule has 17 heteroatoms. The number of unbranched alkanes of at least 4 members (excludes halogenated alkanes) is 13. The lowest BCUT2D eigenvalue weighted by molar-refractivity contribution is -0.145. The smallest absolute Gasteiger partial charge is 0.386 e. The molecule has 0 bridgehead atoms. The predicted octanol–water partition coefficient (Wildman–Crippen LogP) is 6.34. The van der Waals surface area contributed by atoms with Crippen molar-refractivity contribution in [3.8, 4) is 12.1 Å². The lowest BCUT2D eigenvalue weighted by atomic mass is 9.93. The third-order valence-corrected chi connectivity index (χ3v) is 10.5. The largest absolute Gasteiger partial charge is 0.474 e. The Morgan fingerprint density at radius 3 is 2.29 bits per heavy atom. The lowest BCUT2D eigenvalue weighted by Crippen LogP contribution is -2.40. The predicted molar refractivity (Wildman–Crippen MR) is 199 cm³/mol. The Balaban J connectivity index is 1.26. The maximum absolute atomic E-state index is 14.1. The van der Waals surface area contributed by atoms with Crippen molar-refractivity contribution < 1.29 is 47.3 Å². The van der Waals surface area contributed by atoms with E-state index in [0.29, 0.717) is 12.2 Å². The van der Waals surface area contributed by atoms with Crippen LogP contribution in [0, 0.1) is 28.5 Å². The second kappa shape index (κ2) is 22.3. The molecule has 1 aliphatic rings. The summed E-state index contributed by atoms with van der Waals surface area (Å²) in [5, 5.41) is 45.1. The van der Waals surface area contributed by atoms with Gasteiger partial charge in [0.2, 0.25) is 5.60 Å². The molecule has 4 rings (SSSR count). The number of fused-ring (bicyclic) bond motifs is 1. The van der Waals surface area contributed by atoms with Crippen molar-refractivity contribution >= 4 is 19.2 Å². The van der Waals surface area contributed by atoms with Crippen molar-refractivity contribution in [3.05, 3.63) is 59.3 Å². The zero-order chi connectivity index (χ0) is 39.7. The first-order chi connectivity index (χ1) is 26.5. The Morgan fingerprint density at radius 2 is 1.65 bits per heavy atom. The number of aliphatic hydroxyl groups excluding tert-OH is 2. The molecule has 0 aliphatic carbocycles. The highest BCUT2D eigenvalue weighted by Crippen LogP contribution is 2.50. The summed E-state index contributed by atoms with van der Waals surface area (Å²) >= 11 is 0. The summed E-state index contributed by atoms with van der Waals surface area (Å²) in [6.07, 6.45) is 11.4. The van der Waals surface area contributed by atoms with Gasteiger partial charge in [0.25, 0.3) is 0 Å². The van der Waals surface area contributed by atoms with E-state index in [1.165, 1.54) is 93.0 Å². The molecule has 1 aliphatic heterocycles. The number of nitrogens with two attached hydrogens (primary N) is 1. The van der Waals surface area contributed by atoms with Crippen LogP contribution in [-0.4, -0.2) is 74.1 Å². The fourth-order valence-corrected chi connectivity index (χ4v) is 7.35. The average Bonchev–Trinajstić information content (AvgIpc) is 3.71. The van der Waals surface area contributed by atoms with Gasteiger partial charge in [0.1, 0.15) is 42.0 Å². The van der Waals surface area contributed by atoms with Crippen molar-refractivity contribution in [3.63, 3.8) is 0 Å². The highest BCUT2D eigenvalue weighted by molar-refractivity contribution is 7.47. The summed E-state index contributed by atoms with van der Waals surface area (Å²) in [7, 11) is -5.05. The molecule has 6 atom stereocenters. The van der Waals surface area contributed by atoms with Crippen LogP contribution in [0.4, 0.5) is 10.2 Å². The Bertz CT molecular complexity index is 1770. The van der Waals surface area contributed by atoms with Crippen molar-refractivity contribution in [2.75, 3.05) is 25.6 Å². The molecule has 2 aromatic heterocycles. The van der Waals surface area contributed by atoms with E-state index in [1.54, 1.807) is 0 Å². The van der Waals surface area contributed by atoms with E-state index < -0.39 is 50.4 Å². The maximum atomic E-state index is 14.1. The van der Waals surface area contributed by atoms with Gasteiger partial charge in [-0.15, -0.1) is 0 Å². The molecule has 1 unspecified atom stereocenters. The van der Waals surface area contributed by atoms with Gasteiger partial charge in [-0.1, -0.05) is 90.4 Å². The molecule has 55 heavy (non-hydrogen) atoms. The van der Waals surface area contributed by atoms with Crippen molar-refractivity contribution in [2.45, 2.75) is 134 Å². The van der Waals surface area contributed by atoms with E-state index in [0.717, 1.165) is 38.1 Å². The number of phosphoric acid groups is 1. The van der Waals surface area contributed by atoms with E-state index in [2.05, 4.69) is 17.0 Å². The number of nitrogens with zero attached hydrogens (tertiary/aromatic N) is 5. The number of halogens is 1. The SMILES string of the molecule is CCCCCCCCCCCCCCCCOC[C@H](COP(=O)(O)O[C@H]1O[C@@](C#N)(c2ccc3c(N)ncnn23)[C@H](O)[C@@H]1O)OCc1cc(F)cc(C#N)c1. The number of anilines is 1. The van der Waals surface area contributed by atoms with E-state index in [9.17, 15) is 34.6 Å². The molecular weight excluding hydrogens is 734 g/mol. The van der Waals surface area contributed by atoms with Gasteiger partial charge in [0.05, 0.1) is 37.1 Å². The summed E-state index contributed by atoms with van der Waals surface area (Å²) in [4.78, 5) is 14.5. The van der Waals surface area contributed by atoms with Crippen LogP contribution in [0.5, 0.6) is 0 Å². The minimum absolute atomic E-state index is 0.0354. The van der Waals surface area contributed by atoms with Gasteiger partial charge >= 0.3 is 7.82 Å². The molecular formula is C38H54FN6O9P. The Kier molecular flexibility index (Phi) is 17.9. The van der Waals surface area contributed by atoms with Gasteiger partial charge in [-0.3, -0.25) is 9.05 Å². The summed E-state index contributed by atoms with van der Waals surface area (Å²) in [6.45, 7) is 1.88. The summed E-state index contributed by atoms with van der Waals surface area (Å²) < 4.78 is 56.0. The molecule has 5 N–H and O–H groups in total. The van der Waals surface area contributed by atoms with Gasteiger partial charge in [0, 0.05) is 6.61 Å². The molecule has 3 heterocycles. The second-order valence-corrected chi connectivity index (χ2v) is 15.3. The van der Waals surface area contributed by atoms with Crippen LogP contribution in [0.25, 0.3) is 5.52 Å². The zero-order valence-electron chi connectivity index (χ0n) is 31.4. The van der Waals surface area contributed by atoms with E-state index in [-0.39, 0.29) is 35.8 Å². The van der Waals surface area contributed by atoms with Crippen LogP contribution >= 0.6 is 7.82 Å². The third-order valence-electron chi connectivity index (χ3n) is 9.53. The van der Waals surface area contributed by atoms with Crippen LogP contribution in [0.2, 0.25) is 0 Å². The molecule has 3 aromatic rings. The van der Waals surface area contributed by atoms with Gasteiger partial charge in [-0.05, 0) is 42.3 Å². The van der Waals surface area contributed by atoms with Gasteiger partial charge in [-0.25, -0.2) is 18.5 Å². The fourth-order valence-electron chi connectivity index (χ4n) is 6.50. The van der Waals surface area contributed by atoms with Crippen LogP contribution < -0.4 is 5.73 Å². The first-order valence-corrected chi connectivity index (χ1v) is 20.6. The molecule has 0 radical (unpaired) electrons. The molecule has 0 spiro atoms. The molecule has 1 aromatic carbocycles. The maximum Gasteiger partial charge on any atom is 0.474 e.